The SMILES string of the molecule is Cc1ncc(C[n+]2cs[13c](CCO)[13c]2[13CH3])c(N)n1. The van der Waals surface area contributed by atoms with E-state index in [2.05, 4.69) is 14.5 Å². The zero-order chi connectivity index (χ0) is 13.1. The van der Waals surface area contributed by atoms with E-state index >= 15 is 0 Å². The predicted molar refractivity (Wildman–Crippen MR) is 70.3 cm³/mol. The maximum Gasteiger partial charge on any atom is 0.225 e. The van der Waals surface area contributed by atoms with Crippen LogP contribution in [-0.4, -0.2) is 21.7 Å². The smallest absolute Gasteiger partial charge is 0.225 e. The number of nitrogens with two attached hydrogens (primary N) is 1. The number of aryl methyl sites for hydroxylation is 1. The average molecular weight is 268 g/mol. The van der Waals surface area contributed by atoms with E-state index in [-0.39, 0.29) is 6.61 Å². The summed E-state index contributed by atoms with van der Waals surface area (Å²) < 4.78 is 2.11. The molecule has 3 N–H and O–H groups in total. The van der Waals surface area contributed by atoms with Crippen LogP contribution in [-0.2, 0) is 13.0 Å². The maximum atomic E-state index is 8.98. The van der Waals surface area contributed by atoms with Gasteiger partial charge in [0.05, 0.1) is 10.4 Å². The first-order valence-corrected chi connectivity index (χ1v) is 6.65. The Bertz CT molecular complexity index is 553. The first-order valence-electron chi connectivity index (χ1n) is 5.77. The number of anilines is 1. The first-order chi connectivity index (χ1) is 8.61. The fourth-order valence-corrected chi connectivity index (χ4v) is 2.75. The van der Waals surface area contributed by atoms with Crippen molar-refractivity contribution in [2.75, 3.05) is 12.3 Å². The van der Waals surface area contributed by atoms with E-state index in [0.29, 0.717) is 24.6 Å². The summed E-state index contributed by atoms with van der Waals surface area (Å²) in [4.78, 5) is 9.53. The van der Waals surface area contributed by atoms with Gasteiger partial charge in [-0.25, -0.2) is 9.97 Å². The Morgan fingerprint density at radius 3 is 2.89 bits per heavy atom. The van der Waals surface area contributed by atoms with Crippen molar-refractivity contribution >= 4 is 17.2 Å². The molecule has 0 aliphatic rings. The molecule has 0 fully saturated rings. The number of hydrogen-bond donors (Lipinski definition) is 2. The summed E-state index contributed by atoms with van der Waals surface area (Å²) in [6.45, 7) is 4.71. The molecule has 6 heteroatoms. The third-order valence-corrected chi connectivity index (χ3v) is 4.00. The lowest BCUT2D eigenvalue weighted by atomic mass is 10.3. The van der Waals surface area contributed by atoms with E-state index in [0.717, 1.165) is 11.3 Å². The zero-order valence-corrected chi connectivity index (χ0v) is 11.4. The minimum absolute atomic E-state index is 0.178. The highest BCUT2D eigenvalue weighted by atomic mass is 32.1. The molecule has 0 aliphatic heterocycles. The van der Waals surface area contributed by atoms with Crippen LogP contribution in [0.15, 0.2) is 11.7 Å². The summed E-state index contributed by atoms with van der Waals surface area (Å²) in [5.74, 6) is 1.22. The van der Waals surface area contributed by atoms with Gasteiger partial charge in [-0.15, -0.1) is 0 Å². The molecular weight excluding hydrogens is 251 g/mol. The Morgan fingerprint density at radius 2 is 2.22 bits per heavy atom. The van der Waals surface area contributed by atoms with Crippen LogP contribution in [0.3, 0.4) is 0 Å². The highest BCUT2D eigenvalue weighted by Crippen LogP contribution is 2.13. The predicted octanol–water partition coefficient (Wildman–Crippen LogP) is 0.608. The van der Waals surface area contributed by atoms with Crippen LogP contribution < -0.4 is 10.3 Å². The summed E-state index contributed by atoms with van der Waals surface area (Å²) in [5, 5.41) is 8.98. The Morgan fingerprint density at radius 1 is 1.44 bits per heavy atom. The molecule has 0 saturated carbocycles. The van der Waals surface area contributed by atoms with Gasteiger partial charge in [0, 0.05) is 26.1 Å². The first kappa shape index (κ1) is 12.9. The standard InChI is InChI=1S/C12H17N4OS/c1-8-11(3-4-17)18-7-16(8)6-10-5-14-9(2)15-12(10)13/h5,7,17H,3-4,6H2,1-2H3,(H2,13,14,15)/q+1/i1+1,8+1,11+1. The number of rotatable bonds is 4. The molecule has 18 heavy (non-hydrogen) atoms. The molecule has 2 aromatic heterocycles. The highest BCUT2D eigenvalue weighted by Gasteiger charge is 2.16. The number of nitrogens with zero attached hydrogens (tertiary/aromatic N) is 3. The molecule has 96 valence electrons. The summed E-state index contributed by atoms with van der Waals surface area (Å²) in [5.41, 5.74) is 10.0. The molecule has 0 bridgehead atoms. The molecule has 0 saturated heterocycles. The van der Waals surface area contributed by atoms with E-state index < -0.39 is 0 Å². The van der Waals surface area contributed by atoms with Crippen LogP contribution in [0, 0.1) is 13.8 Å². The lowest BCUT2D eigenvalue weighted by Gasteiger charge is -2.01. The Kier molecular flexibility index (Phi) is 3.88. The molecule has 0 aromatic carbocycles. The molecule has 0 spiro atoms. The maximum absolute atomic E-state index is 8.98. The number of hydrogen-bond acceptors (Lipinski definition) is 5. The van der Waals surface area contributed by atoms with E-state index in [1.54, 1.807) is 17.5 Å². The molecular formula is C12H17N4OS+. The summed E-state index contributed by atoms with van der Waals surface area (Å²) >= 11 is 1.65. The Hall–Kier alpha value is -1.53. The number of aromatic nitrogens is 3. The van der Waals surface area contributed by atoms with Crippen molar-refractivity contribution in [1.82, 2.24) is 9.97 Å². The van der Waals surface area contributed by atoms with Gasteiger partial charge in [0.2, 0.25) is 5.51 Å². The molecule has 0 amide bonds. The summed E-state index contributed by atoms with van der Waals surface area (Å²) in [6.07, 6.45) is 2.47. The second-order valence-corrected chi connectivity index (χ2v) is 5.10. The van der Waals surface area contributed by atoms with Crippen LogP contribution in [0.1, 0.15) is 22.0 Å². The van der Waals surface area contributed by atoms with Crippen LogP contribution in [0.2, 0.25) is 0 Å². The van der Waals surface area contributed by atoms with Gasteiger partial charge in [-0.05, 0) is 6.92 Å². The molecule has 0 radical (unpaired) electrons. The van der Waals surface area contributed by atoms with Crippen molar-refractivity contribution in [2.24, 2.45) is 0 Å². The summed E-state index contributed by atoms with van der Waals surface area (Å²) in [7, 11) is 0. The topological polar surface area (TPSA) is 75.9 Å². The van der Waals surface area contributed by atoms with Crippen LogP contribution >= 0.6 is 11.3 Å². The van der Waals surface area contributed by atoms with Gasteiger partial charge >= 0.3 is 0 Å². The van der Waals surface area contributed by atoms with Gasteiger partial charge in [-0.1, -0.05) is 11.3 Å². The fraction of sp³-hybridized carbons (Fsp3) is 0.417. The van der Waals surface area contributed by atoms with Crippen LogP contribution in [0.5, 0.6) is 0 Å². The van der Waals surface area contributed by atoms with Crippen molar-refractivity contribution < 1.29 is 9.67 Å². The molecule has 5 nitrogen and oxygen atoms in total. The third-order valence-electron chi connectivity index (χ3n) is 2.85. The molecule has 2 heterocycles. The van der Waals surface area contributed by atoms with Crippen molar-refractivity contribution in [3.63, 3.8) is 0 Å². The molecule has 0 unspecified atom stereocenters. The Balaban J connectivity index is 2.23. The monoisotopic (exact) mass is 268 g/mol. The fourth-order valence-electron chi connectivity index (χ4n) is 1.77. The normalized spacial score (nSPS) is 10.8. The zero-order valence-electron chi connectivity index (χ0n) is 10.6. The van der Waals surface area contributed by atoms with Gasteiger partial charge in [0.15, 0.2) is 12.2 Å². The molecule has 0 atom stereocenters. The quantitative estimate of drug-likeness (QED) is 0.629. The number of thiazole rings is 1. The lowest BCUT2D eigenvalue weighted by molar-refractivity contribution is -0.689. The number of aliphatic hydroxyl groups excluding tert-OH is 1. The van der Waals surface area contributed by atoms with E-state index in [4.69, 9.17) is 10.8 Å². The highest BCUT2D eigenvalue weighted by molar-refractivity contribution is 7.09. The second kappa shape index (κ2) is 5.41. The van der Waals surface area contributed by atoms with Gasteiger partial charge in [-0.3, -0.25) is 0 Å². The molecule has 2 aromatic rings. The lowest BCUT2D eigenvalue weighted by Crippen LogP contribution is -2.35. The van der Waals surface area contributed by atoms with Crippen molar-refractivity contribution in [1.29, 1.82) is 0 Å². The largest absolute Gasteiger partial charge is 0.396 e. The molecule has 0 aliphatic carbocycles. The van der Waals surface area contributed by atoms with Crippen LogP contribution in [0.4, 0.5) is 5.82 Å². The molecule has 2 rings (SSSR count). The number of nitrogen functional groups attached to an aromatic ring is 1. The van der Waals surface area contributed by atoms with E-state index in [9.17, 15) is 0 Å². The van der Waals surface area contributed by atoms with E-state index in [1.807, 2.05) is 19.4 Å². The minimum atomic E-state index is 0.178. The number of aliphatic hydroxyl groups is 1. The average Bonchev–Trinajstić information content (AvgIpc) is 2.66. The Labute approximate surface area is 110 Å². The van der Waals surface area contributed by atoms with Gasteiger partial charge in [-0.2, -0.15) is 4.57 Å². The van der Waals surface area contributed by atoms with Gasteiger partial charge in [0.25, 0.3) is 0 Å². The third kappa shape index (κ3) is 2.65. The van der Waals surface area contributed by atoms with Crippen molar-refractivity contribution in [3.8, 4) is 0 Å². The van der Waals surface area contributed by atoms with Gasteiger partial charge in [0.1, 0.15) is 11.6 Å². The van der Waals surface area contributed by atoms with Crippen LogP contribution in [0.25, 0.3) is 0 Å². The van der Waals surface area contributed by atoms with Gasteiger partial charge < -0.3 is 10.8 Å². The van der Waals surface area contributed by atoms with Crippen molar-refractivity contribution in [3.05, 3.63) is 33.7 Å². The second-order valence-electron chi connectivity index (χ2n) is 4.16. The van der Waals surface area contributed by atoms with E-state index in [1.165, 1.54) is 4.88 Å². The minimum Gasteiger partial charge on any atom is -0.396 e. The summed E-state index contributed by atoms with van der Waals surface area (Å²) in [6, 6.07) is 0. The van der Waals surface area contributed by atoms with Crippen molar-refractivity contribution in [2.45, 2.75) is 26.8 Å².